The smallest absolute Gasteiger partial charge is 0.143 e. The van der Waals surface area contributed by atoms with Crippen molar-refractivity contribution >= 4 is 15.9 Å². The molecule has 1 aromatic rings. The number of halogens is 3. The quantitative estimate of drug-likeness (QED) is 0.854. The Bertz CT molecular complexity index is 453. The number of benzene rings is 1. The van der Waals surface area contributed by atoms with Crippen molar-refractivity contribution < 1.29 is 18.6 Å². The van der Waals surface area contributed by atoms with Crippen molar-refractivity contribution in [1.29, 1.82) is 0 Å². The molecule has 1 saturated heterocycles. The highest BCUT2D eigenvalue weighted by atomic mass is 79.9. The van der Waals surface area contributed by atoms with Crippen LogP contribution in [0.5, 0.6) is 0 Å². The van der Waals surface area contributed by atoms with Gasteiger partial charge < -0.3 is 9.84 Å². The van der Waals surface area contributed by atoms with Crippen molar-refractivity contribution in [2.75, 3.05) is 6.61 Å². The molecule has 2 rings (SSSR count). The topological polar surface area (TPSA) is 29.5 Å². The van der Waals surface area contributed by atoms with Gasteiger partial charge in [0.05, 0.1) is 16.7 Å². The molecule has 0 amide bonds. The van der Waals surface area contributed by atoms with Gasteiger partial charge in [-0.15, -0.1) is 0 Å². The summed E-state index contributed by atoms with van der Waals surface area (Å²) in [6.07, 6.45) is 0.697. The molecule has 0 spiro atoms. The lowest BCUT2D eigenvalue weighted by atomic mass is 9.89. The second-order valence-electron chi connectivity index (χ2n) is 4.86. The average molecular weight is 335 g/mol. The Kier molecular flexibility index (Phi) is 4.92. The summed E-state index contributed by atoms with van der Waals surface area (Å²) in [4.78, 5) is 0. The van der Waals surface area contributed by atoms with Crippen LogP contribution in [0.3, 0.4) is 0 Å². The minimum absolute atomic E-state index is 0.0201. The molecule has 0 aromatic heterocycles. The maximum Gasteiger partial charge on any atom is 0.143 e. The first-order valence-corrected chi connectivity index (χ1v) is 7.26. The molecule has 19 heavy (non-hydrogen) atoms. The molecule has 0 aliphatic carbocycles. The Labute approximate surface area is 119 Å². The van der Waals surface area contributed by atoms with Crippen LogP contribution in [0.15, 0.2) is 16.6 Å². The molecule has 1 heterocycles. The second-order valence-corrected chi connectivity index (χ2v) is 5.72. The van der Waals surface area contributed by atoms with E-state index >= 15 is 0 Å². The molecule has 1 N–H and O–H groups in total. The number of rotatable bonds is 4. The SMILES string of the molecule is CCC1OCCC1C(O)Cc1c(F)ccc(Br)c1F. The van der Waals surface area contributed by atoms with Gasteiger partial charge in [-0.1, -0.05) is 6.92 Å². The van der Waals surface area contributed by atoms with Gasteiger partial charge in [-0.05, 0) is 40.9 Å². The van der Waals surface area contributed by atoms with Crippen molar-refractivity contribution in [1.82, 2.24) is 0 Å². The largest absolute Gasteiger partial charge is 0.392 e. The molecular formula is C14H17BrF2O2. The van der Waals surface area contributed by atoms with Gasteiger partial charge in [0.1, 0.15) is 11.6 Å². The first-order valence-electron chi connectivity index (χ1n) is 6.46. The van der Waals surface area contributed by atoms with E-state index in [1.807, 2.05) is 6.92 Å². The van der Waals surface area contributed by atoms with Gasteiger partial charge in [-0.2, -0.15) is 0 Å². The fourth-order valence-corrected chi connectivity index (χ4v) is 3.01. The third-order valence-electron chi connectivity index (χ3n) is 3.71. The lowest BCUT2D eigenvalue weighted by molar-refractivity contribution is 0.0310. The zero-order valence-corrected chi connectivity index (χ0v) is 12.3. The standard InChI is InChI=1S/C14H17BrF2O2/c1-2-13-8(5-6-19-13)12(18)7-9-11(16)4-3-10(15)14(9)17/h3-4,8,12-13,18H,2,5-7H2,1H3. The van der Waals surface area contributed by atoms with Gasteiger partial charge in [0.2, 0.25) is 0 Å². The van der Waals surface area contributed by atoms with Crippen LogP contribution in [0.25, 0.3) is 0 Å². The molecule has 106 valence electrons. The molecule has 0 bridgehead atoms. The van der Waals surface area contributed by atoms with Gasteiger partial charge in [0.25, 0.3) is 0 Å². The first kappa shape index (κ1) is 14.9. The minimum Gasteiger partial charge on any atom is -0.392 e. The normalized spacial score (nSPS) is 24.7. The van der Waals surface area contributed by atoms with Crippen LogP contribution in [-0.2, 0) is 11.2 Å². The van der Waals surface area contributed by atoms with Crippen LogP contribution in [0.4, 0.5) is 8.78 Å². The Morgan fingerprint density at radius 1 is 1.47 bits per heavy atom. The summed E-state index contributed by atoms with van der Waals surface area (Å²) in [5.74, 6) is -1.31. The minimum atomic E-state index is -0.786. The molecular weight excluding hydrogens is 318 g/mol. The zero-order chi connectivity index (χ0) is 14.0. The van der Waals surface area contributed by atoms with Crippen molar-refractivity contribution in [3.8, 4) is 0 Å². The number of aliphatic hydroxyl groups excluding tert-OH is 1. The van der Waals surface area contributed by atoms with Crippen LogP contribution >= 0.6 is 15.9 Å². The van der Waals surface area contributed by atoms with Gasteiger partial charge in [0, 0.05) is 24.5 Å². The molecule has 2 nitrogen and oxygen atoms in total. The Hall–Kier alpha value is -0.520. The molecule has 1 aromatic carbocycles. The maximum atomic E-state index is 13.9. The number of aliphatic hydroxyl groups is 1. The fourth-order valence-electron chi connectivity index (χ4n) is 2.64. The van der Waals surface area contributed by atoms with E-state index < -0.39 is 17.7 Å². The van der Waals surface area contributed by atoms with E-state index in [9.17, 15) is 13.9 Å². The first-order chi connectivity index (χ1) is 9.04. The Morgan fingerprint density at radius 3 is 2.89 bits per heavy atom. The van der Waals surface area contributed by atoms with E-state index in [4.69, 9.17) is 4.74 Å². The monoisotopic (exact) mass is 334 g/mol. The van der Waals surface area contributed by atoms with Crippen LogP contribution in [-0.4, -0.2) is 23.9 Å². The highest BCUT2D eigenvalue weighted by Gasteiger charge is 2.33. The molecule has 1 fully saturated rings. The van der Waals surface area contributed by atoms with Crippen LogP contribution < -0.4 is 0 Å². The number of hydrogen-bond acceptors (Lipinski definition) is 2. The lowest BCUT2D eigenvalue weighted by Gasteiger charge is -2.23. The molecule has 0 radical (unpaired) electrons. The van der Waals surface area contributed by atoms with Crippen LogP contribution in [0.1, 0.15) is 25.3 Å². The Morgan fingerprint density at radius 2 is 2.21 bits per heavy atom. The van der Waals surface area contributed by atoms with E-state index in [0.29, 0.717) is 6.61 Å². The fraction of sp³-hybridized carbons (Fsp3) is 0.571. The van der Waals surface area contributed by atoms with Crippen molar-refractivity contribution in [3.05, 3.63) is 33.8 Å². The molecule has 1 aliphatic heterocycles. The average Bonchev–Trinajstić information content (AvgIpc) is 2.87. The van der Waals surface area contributed by atoms with E-state index in [1.54, 1.807) is 0 Å². The summed E-state index contributed by atoms with van der Waals surface area (Å²) in [7, 11) is 0. The van der Waals surface area contributed by atoms with Gasteiger partial charge in [-0.3, -0.25) is 0 Å². The maximum absolute atomic E-state index is 13.9. The summed E-state index contributed by atoms with van der Waals surface area (Å²) in [6, 6.07) is 2.53. The van der Waals surface area contributed by atoms with Crippen molar-refractivity contribution in [3.63, 3.8) is 0 Å². The van der Waals surface area contributed by atoms with E-state index in [0.717, 1.165) is 12.8 Å². The molecule has 3 atom stereocenters. The van der Waals surface area contributed by atoms with E-state index in [-0.39, 0.29) is 28.5 Å². The lowest BCUT2D eigenvalue weighted by Crippen LogP contribution is -2.30. The van der Waals surface area contributed by atoms with Crippen molar-refractivity contribution in [2.45, 2.75) is 38.4 Å². The summed E-state index contributed by atoms with van der Waals surface area (Å²) in [6.45, 7) is 2.58. The predicted molar refractivity (Wildman–Crippen MR) is 71.9 cm³/mol. The second kappa shape index (κ2) is 6.29. The van der Waals surface area contributed by atoms with Crippen LogP contribution in [0, 0.1) is 17.6 Å². The summed E-state index contributed by atoms with van der Waals surface area (Å²) >= 11 is 3.03. The third kappa shape index (κ3) is 3.15. The Balaban J connectivity index is 2.15. The molecule has 1 aliphatic rings. The summed E-state index contributed by atoms with van der Waals surface area (Å²) in [5, 5.41) is 10.2. The summed E-state index contributed by atoms with van der Waals surface area (Å²) in [5.41, 5.74) is -0.0661. The number of ether oxygens (including phenoxy) is 1. The van der Waals surface area contributed by atoms with E-state index in [1.165, 1.54) is 12.1 Å². The summed E-state index contributed by atoms with van der Waals surface area (Å²) < 4.78 is 33.2. The van der Waals surface area contributed by atoms with Crippen LogP contribution in [0.2, 0.25) is 0 Å². The van der Waals surface area contributed by atoms with Gasteiger partial charge in [-0.25, -0.2) is 8.78 Å². The predicted octanol–water partition coefficient (Wildman–Crippen LogP) is 3.45. The van der Waals surface area contributed by atoms with Crippen molar-refractivity contribution in [2.24, 2.45) is 5.92 Å². The van der Waals surface area contributed by atoms with Gasteiger partial charge >= 0.3 is 0 Å². The number of hydrogen-bond donors (Lipinski definition) is 1. The zero-order valence-electron chi connectivity index (χ0n) is 10.7. The molecule has 3 unspecified atom stereocenters. The molecule has 0 saturated carbocycles. The highest BCUT2D eigenvalue weighted by Crippen LogP contribution is 2.30. The third-order valence-corrected chi connectivity index (χ3v) is 4.32. The highest BCUT2D eigenvalue weighted by molar-refractivity contribution is 9.10. The molecule has 5 heteroatoms. The van der Waals surface area contributed by atoms with Gasteiger partial charge in [0.15, 0.2) is 0 Å². The van der Waals surface area contributed by atoms with E-state index in [2.05, 4.69) is 15.9 Å².